The van der Waals surface area contributed by atoms with Crippen molar-refractivity contribution in [2.75, 3.05) is 33.4 Å². The summed E-state index contributed by atoms with van der Waals surface area (Å²) in [5, 5.41) is 4.08. The quantitative estimate of drug-likeness (QED) is 0.760. The van der Waals surface area contributed by atoms with Gasteiger partial charge in [0.05, 0.1) is 26.2 Å². The average molecular weight is 290 g/mol. The van der Waals surface area contributed by atoms with Crippen LogP contribution in [0.25, 0.3) is 5.65 Å². The first-order valence-electron chi connectivity index (χ1n) is 6.92. The molecule has 1 unspecified atom stereocenters. The lowest BCUT2D eigenvalue weighted by molar-refractivity contribution is -0.147. The van der Waals surface area contributed by atoms with E-state index in [1.807, 2.05) is 18.3 Å². The predicted molar refractivity (Wildman–Crippen MR) is 74.6 cm³/mol. The van der Waals surface area contributed by atoms with Crippen molar-refractivity contribution in [3.63, 3.8) is 0 Å². The topological polar surface area (TPSA) is 69.0 Å². The number of carbonyl (C=O) groups is 1. The maximum Gasteiger partial charge on any atom is 0.312 e. The Labute approximate surface area is 122 Å². The van der Waals surface area contributed by atoms with Crippen LogP contribution in [0.5, 0.6) is 0 Å². The molecule has 7 heteroatoms. The normalized spacial score (nSPS) is 20.3. The van der Waals surface area contributed by atoms with Crippen molar-refractivity contribution in [3.8, 4) is 0 Å². The molecule has 0 bridgehead atoms. The van der Waals surface area contributed by atoms with Gasteiger partial charge in [-0.1, -0.05) is 0 Å². The molecule has 21 heavy (non-hydrogen) atoms. The smallest absolute Gasteiger partial charge is 0.312 e. The van der Waals surface area contributed by atoms with E-state index >= 15 is 0 Å². The van der Waals surface area contributed by atoms with Gasteiger partial charge in [0, 0.05) is 25.8 Å². The fourth-order valence-corrected chi connectivity index (χ4v) is 2.54. The Hall–Kier alpha value is -1.99. The number of ether oxygens (including phenoxy) is 2. The highest BCUT2D eigenvalue weighted by molar-refractivity contribution is 5.72. The lowest BCUT2D eigenvalue weighted by Crippen LogP contribution is -2.33. The predicted octanol–water partition coefficient (Wildman–Crippen LogP) is 0.351. The van der Waals surface area contributed by atoms with Gasteiger partial charge in [-0.05, 0) is 17.7 Å². The summed E-state index contributed by atoms with van der Waals surface area (Å²) in [6, 6.07) is 4.02. The largest absolute Gasteiger partial charge is 0.469 e. The monoisotopic (exact) mass is 290 g/mol. The number of carbonyl (C=O) groups excluding carboxylic acids is 1. The fourth-order valence-electron chi connectivity index (χ4n) is 2.54. The summed E-state index contributed by atoms with van der Waals surface area (Å²) in [4.78, 5) is 18.1. The molecular weight excluding hydrogens is 272 g/mol. The molecule has 0 N–H and O–H groups in total. The third-order valence-electron chi connectivity index (χ3n) is 3.64. The highest BCUT2D eigenvalue weighted by Crippen LogP contribution is 2.13. The molecule has 112 valence electrons. The molecule has 0 amide bonds. The minimum Gasteiger partial charge on any atom is -0.469 e. The number of hydrogen-bond donors (Lipinski definition) is 0. The number of rotatable bonds is 3. The van der Waals surface area contributed by atoms with Crippen molar-refractivity contribution in [2.45, 2.75) is 6.54 Å². The zero-order valence-corrected chi connectivity index (χ0v) is 11.9. The lowest BCUT2D eigenvalue weighted by atomic mass is 10.1. The van der Waals surface area contributed by atoms with Crippen LogP contribution in [0, 0.1) is 5.92 Å². The number of fused-ring (bicyclic) bond motifs is 1. The van der Waals surface area contributed by atoms with Crippen molar-refractivity contribution in [1.29, 1.82) is 0 Å². The summed E-state index contributed by atoms with van der Waals surface area (Å²) in [6.07, 6.45) is 3.43. The van der Waals surface area contributed by atoms with Crippen molar-refractivity contribution in [1.82, 2.24) is 19.5 Å². The van der Waals surface area contributed by atoms with Gasteiger partial charge in [-0.15, -0.1) is 0 Å². The summed E-state index contributed by atoms with van der Waals surface area (Å²) in [5.74, 6) is -0.441. The molecule has 0 aliphatic carbocycles. The molecule has 0 spiro atoms. The van der Waals surface area contributed by atoms with Crippen LogP contribution < -0.4 is 0 Å². The Morgan fingerprint density at radius 3 is 3.33 bits per heavy atom. The average Bonchev–Trinajstić information content (AvgIpc) is 2.84. The minimum atomic E-state index is -0.227. The Kier molecular flexibility index (Phi) is 4.12. The van der Waals surface area contributed by atoms with Crippen LogP contribution in [0.1, 0.15) is 5.56 Å². The van der Waals surface area contributed by atoms with E-state index in [1.54, 1.807) is 4.52 Å². The van der Waals surface area contributed by atoms with Gasteiger partial charge in [-0.3, -0.25) is 9.69 Å². The number of pyridine rings is 1. The lowest BCUT2D eigenvalue weighted by Gasteiger charge is -2.22. The summed E-state index contributed by atoms with van der Waals surface area (Å²) in [5.41, 5.74) is 1.96. The molecule has 1 aliphatic rings. The molecule has 3 rings (SSSR count). The highest BCUT2D eigenvalue weighted by Gasteiger charge is 2.25. The molecule has 1 atom stereocenters. The summed E-state index contributed by atoms with van der Waals surface area (Å²) in [7, 11) is 1.41. The van der Waals surface area contributed by atoms with Gasteiger partial charge >= 0.3 is 5.97 Å². The van der Waals surface area contributed by atoms with E-state index < -0.39 is 0 Å². The van der Waals surface area contributed by atoms with E-state index in [1.165, 1.54) is 13.4 Å². The van der Waals surface area contributed by atoms with Crippen LogP contribution in [-0.2, 0) is 20.8 Å². The fraction of sp³-hybridized carbons (Fsp3) is 0.500. The second kappa shape index (κ2) is 6.19. The third kappa shape index (κ3) is 3.20. The van der Waals surface area contributed by atoms with Crippen molar-refractivity contribution < 1.29 is 14.3 Å². The summed E-state index contributed by atoms with van der Waals surface area (Å²) < 4.78 is 12.0. The van der Waals surface area contributed by atoms with E-state index in [0.29, 0.717) is 19.8 Å². The zero-order chi connectivity index (χ0) is 14.7. The molecule has 0 saturated carbocycles. The van der Waals surface area contributed by atoms with Crippen LogP contribution in [0.4, 0.5) is 0 Å². The number of esters is 1. The Balaban J connectivity index is 1.71. The summed E-state index contributed by atoms with van der Waals surface area (Å²) >= 11 is 0. The van der Waals surface area contributed by atoms with Gasteiger partial charge in [0.25, 0.3) is 0 Å². The Morgan fingerprint density at radius 2 is 2.48 bits per heavy atom. The van der Waals surface area contributed by atoms with Crippen LogP contribution in [0.2, 0.25) is 0 Å². The molecule has 0 aromatic carbocycles. The van der Waals surface area contributed by atoms with Gasteiger partial charge in [-0.2, -0.15) is 5.10 Å². The second-order valence-corrected chi connectivity index (χ2v) is 5.13. The maximum absolute atomic E-state index is 11.7. The SMILES string of the molecule is COC(=O)C1COCCN(Cc2ccn3ncnc3c2)C1. The maximum atomic E-state index is 11.7. The van der Waals surface area contributed by atoms with E-state index in [0.717, 1.165) is 24.3 Å². The molecule has 1 saturated heterocycles. The van der Waals surface area contributed by atoms with E-state index in [4.69, 9.17) is 9.47 Å². The highest BCUT2D eigenvalue weighted by atomic mass is 16.5. The van der Waals surface area contributed by atoms with Gasteiger partial charge in [-0.25, -0.2) is 9.50 Å². The van der Waals surface area contributed by atoms with Crippen LogP contribution in [0.15, 0.2) is 24.7 Å². The van der Waals surface area contributed by atoms with E-state index in [-0.39, 0.29) is 11.9 Å². The van der Waals surface area contributed by atoms with E-state index in [2.05, 4.69) is 15.0 Å². The van der Waals surface area contributed by atoms with Gasteiger partial charge in [0.2, 0.25) is 0 Å². The van der Waals surface area contributed by atoms with Crippen LogP contribution >= 0.6 is 0 Å². The van der Waals surface area contributed by atoms with Crippen molar-refractivity contribution in [2.24, 2.45) is 5.92 Å². The second-order valence-electron chi connectivity index (χ2n) is 5.13. The zero-order valence-electron chi connectivity index (χ0n) is 11.9. The number of nitrogens with zero attached hydrogens (tertiary/aromatic N) is 4. The Morgan fingerprint density at radius 1 is 1.57 bits per heavy atom. The third-order valence-corrected chi connectivity index (χ3v) is 3.64. The van der Waals surface area contributed by atoms with Crippen molar-refractivity contribution in [3.05, 3.63) is 30.2 Å². The number of aromatic nitrogens is 3. The molecule has 0 radical (unpaired) electrons. The first-order chi connectivity index (χ1) is 10.3. The molecule has 3 heterocycles. The minimum absolute atomic E-state index is 0.213. The Bertz CT molecular complexity index is 627. The number of methoxy groups -OCH3 is 1. The van der Waals surface area contributed by atoms with Crippen LogP contribution in [0.3, 0.4) is 0 Å². The van der Waals surface area contributed by atoms with Gasteiger partial charge in [0.15, 0.2) is 5.65 Å². The molecular formula is C14H18N4O3. The standard InChI is InChI=1S/C14H18N4O3/c1-20-14(19)12-8-17(4-5-21-9-12)7-11-2-3-18-13(6-11)15-10-16-18/h2-3,6,10,12H,4-5,7-9H2,1H3. The molecule has 1 fully saturated rings. The molecule has 1 aliphatic heterocycles. The van der Waals surface area contributed by atoms with Crippen LogP contribution in [-0.4, -0.2) is 58.9 Å². The van der Waals surface area contributed by atoms with E-state index in [9.17, 15) is 4.79 Å². The molecule has 2 aromatic rings. The van der Waals surface area contributed by atoms with Gasteiger partial charge < -0.3 is 9.47 Å². The first kappa shape index (κ1) is 14.0. The van der Waals surface area contributed by atoms with Gasteiger partial charge in [0.1, 0.15) is 6.33 Å². The first-order valence-corrected chi connectivity index (χ1v) is 6.92. The number of hydrogen-bond acceptors (Lipinski definition) is 6. The summed E-state index contributed by atoms with van der Waals surface area (Å²) in [6.45, 7) is 3.24. The van der Waals surface area contributed by atoms with Crippen molar-refractivity contribution >= 4 is 11.6 Å². The molecule has 2 aromatic heterocycles. The molecule has 7 nitrogen and oxygen atoms in total.